The molecule has 3 heteroatoms. The molecule has 0 aliphatic heterocycles. The van der Waals surface area contributed by atoms with Gasteiger partial charge in [-0.05, 0) is 37.1 Å². The highest BCUT2D eigenvalue weighted by Crippen LogP contribution is 2.22. The lowest BCUT2D eigenvalue weighted by molar-refractivity contribution is 0.131. The van der Waals surface area contributed by atoms with E-state index >= 15 is 0 Å². The van der Waals surface area contributed by atoms with Gasteiger partial charge in [-0.25, -0.2) is 0 Å². The standard InChI is InChI=1S/C17H23NO2/c1-2-12-19-13-7-11-18-17(16-10-6-14-20-16)15-8-4-3-5-9-15/h3-6,8-10,14,17-18H,2,7,11-13H2,1H3. The van der Waals surface area contributed by atoms with Crippen LogP contribution in [0.25, 0.3) is 0 Å². The summed E-state index contributed by atoms with van der Waals surface area (Å²) in [5, 5.41) is 3.54. The molecule has 1 heterocycles. The van der Waals surface area contributed by atoms with E-state index in [-0.39, 0.29) is 6.04 Å². The summed E-state index contributed by atoms with van der Waals surface area (Å²) in [5.74, 6) is 0.950. The zero-order valence-electron chi connectivity index (χ0n) is 12.0. The molecule has 0 saturated carbocycles. The third kappa shape index (κ3) is 4.51. The summed E-state index contributed by atoms with van der Waals surface area (Å²) in [6, 6.07) is 14.4. The number of nitrogens with one attached hydrogen (secondary N) is 1. The fourth-order valence-corrected chi connectivity index (χ4v) is 2.15. The number of ether oxygens (including phenoxy) is 1. The van der Waals surface area contributed by atoms with E-state index in [0.717, 1.165) is 38.4 Å². The maximum absolute atomic E-state index is 5.55. The number of rotatable bonds is 9. The van der Waals surface area contributed by atoms with Crippen LogP contribution >= 0.6 is 0 Å². The number of hydrogen-bond donors (Lipinski definition) is 1. The molecule has 20 heavy (non-hydrogen) atoms. The quantitative estimate of drug-likeness (QED) is 0.706. The van der Waals surface area contributed by atoms with Gasteiger partial charge in [0.2, 0.25) is 0 Å². The van der Waals surface area contributed by atoms with Crippen LogP contribution in [0.1, 0.15) is 37.1 Å². The Balaban J connectivity index is 1.88. The van der Waals surface area contributed by atoms with E-state index in [0.29, 0.717) is 0 Å². The molecule has 1 unspecified atom stereocenters. The summed E-state index contributed by atoms with van der Waals surface area (Å²) >= 11 is 0. The molecule has 108 valence electrons. The van der Waals surface area contributed by atoms with Gasteiger partial charge in [-0.15, -0.1) is 0 Å². The first kappa shape index (κ1) is 14.8. The molecule has 0 amide bonds. The van der Waals surface area contributed by atoms with Gasteiger partial charge in [0.25, 0.3) is 0 Å². The summed E-state index contributed by atoms with van der Waals surface area (Å²) in [7, 11) is 0. The molecule has 0 saturated heterocycles. The van der Waals surface area contributed by atoms with E-state index in [1.165, 1.54) is 5.56 Å². The first-order valence-electron chi connectivity index (χ1n) is 7.31. The van der Waals surface area contributed by atoms with Gasteiger partial charge < -0.3 is 14.5 Å². The zero-order chi connectivity index (χ0) is 14.0. The second kappa shape index (κ2) is 8.56. The minimum atomic E-state index is 0.109. The van der Waals surface area contributed by atoms with Crippen molar-refractivity contribution < 1.29 is 9.15 Å². The van der Waals surface area contributed by atoms with Crippen molar-refractivity contribution in [2.75, 3.05) is 19.8 Å². The van der Waals surface area contributed by atoms with Crippen LogP contribution in [0.15, 0.2) is 53.1 Å². The van der Waals surface area contributed by atoms with Gasteiger partial charge in [-0.3, -0.25) is 0 Å². The van der Waals surface area contributed by atoms with Crippen LogP contribution in [0.3, 0.4) is 0 Å². The van der Waals surface area contributed by atoms with E-state index in [4.69, 9.17) is 9.15 Å². The van der Waals surface area contributed by atoms with Crippen molar-refractivity contribution in [3.05, 3.63) is 60.1 Å². The third-order valence-electron chi connectivity index (χ3n) is 3.12. The van der Waals surface area contributed by atoms with E-state index in [1.807, 2.05) is 18.2 Å². The first-order chi connectivity index (χ1) is 9.92. The van der Waals surface area contributed by atoms with Crippen LogP contribution in [0.5, 0.6) is 0 Å². The molecule has 1 N–H and O–H groups in total. The molecule has 3 nitrogen and oxygen atoms in total. The molecule has 2 rings (SSSR count). The molecule has 0 aliphatic rings. The Labute approximate surface area is 121 Å². The largest absolute Gasteiger partial charge is 0.467 e. The van der Waals surface area contributed by atoms with E-state index < -0.39 is 0 Å². The lowest BCUT2D eigenvalue weighted by atomic mass is 10.0. The van der Waals surface area contributed by atoms with Gasteiger partial charge in [0, 0.05) is 13.2 Å². The van der Waals surface area contributed by atoms with E-state index in [9.17, 15) is 0 Å². The zero-order valence-corrected chi connectivity index (χ0v) is 12.0. The van der Waals surface area contributed by atoms with Gasteiger partial charge in [0.1, 0.15) is 5.76 Å². The van der Waals surface area contributed by atoms with E-state index in [1.54, 1.807) is 6.26 Å². The minimum absolute atomic E-state index is 0.109. The molecule has 1 aromatic carbocycles. The minimum Gasteiger partial charge on any atom is -0.467 e. The van der Waals surface area contributed by atoms with Gasteiger partial charge in [-0.2, -0.15) is 0 Å². The molecular weight excluding hydrogens is 250 g/mol. The SMILES string of the molecule is CCCOCCCNC(c1ccccc1)c1ccco1. The topological polar surface area (TPSA) is 34.4 Å². The Kier molecular flexibility index (Phi) is 6.35. The van der Waals surface area contributed by atoms with Crippen LogP contribution in [-0.2, 0) is 4.74 Å². The molecule has 0 spiro atoms. The van der Waals surface area contributed by atoms with Crippen LogP contribution in [0.4, 0.5) is 0 Å². The van der Waals surface area contributed by atoms with Gasteiger partial charge in [0.15, 0.2) is 0 Å². The number of furan rings is 1. The van der Waals surface area contributed by atoms with Crippen molar-refractivity contribution in [2.24, 2.45) is 0 Å². The van der Waals surface area contributed by atoms with E-state index in [2.05, 4.69) is 36.5 Å². The molecular formula is C17H23NO2. The summed E-state index contributed by atoms with van der Waals surface area (Å²) in [6.45, 7) is 4.69. The predicted molar refractivity (Wildman–Crippen MR) is 80.7 cm³/mol. The number of benzene rings is 1. The Bertz CT molecular complexity index is 453. The lowest BCUT2D eigenvalue weighted by Crippen LogP contribution is -2.24. The highest BCUT2D eigenvalue weighted by molar-refractivity contribution is 5.26. The van der Waals surface area contributed by atoms with Crippen molar-refractivity contribution in [1.29, 1.82) is 0 Å². The maximum atomic E-state index is 5.55. The molecule has 1 atom stereocenters. The molecule has 0 fully saturated rings. The normalized spacial score (nSPS) is 12.4. The van der Waals surface area contributed by atoms with Crippen LogP contribution in [0, 0.1) is 0 Å². The highest BCUT2D eigenvalue weighted by Gasteiger charge is 2.15. The molecule has 0 bridgehead atoms. The van der Waals surface area contributed by atoms with Gasteiger partial charge in [0.05, 0.1) is 12.3 Å². The molecule has 1 aromatic heterocycles. The van der Waals surface area contributed by atoms with Crippen molar-refractivity contribution in [1.82, 2.24) is 5.32 Å². The van der Waals surface area contributed by atoms with Crippen molar-refractivity contribution in [3.8, 4) is 0 Å². The first-order valence-corrected chi connectivity index (χ1v) is 7.31. The number of hydrogen-bond acceptors (Lipinski definition) is 3. The third-order valence-corrected chi connectivity index (χ3v) is 3.12. The molecule has 2 aromatic rings. The predicted octanol–water partition coefficient (Wildman–Crippen LogP) is 3.78. The monoisotopic (exact) mass is 273 g/mol. The van der Waals surface area contributed by atoms with Gasteiger partial charge >= 0.3 is 0 Å². The second-order valence-corrected chi connectivity index (χ2v) is 4.78. The molecule has 0 radical (unpaired) electrons. The van der Waals surface area contributed by atoms with Gasteiger partial charge in [-0.1, -0.05) is 37.3 Å². The van der Waals surface area contributed by atoms with Crippen molar-refractivity contribution in [3.63, 3.8) is 0 Å². The van der Waals surface area contributed by atoms with Crippen molar-refractivity contribution >= 4 is 0 Å². The Morgan fingerprint density at radius 1 is 1.10 bits per heavy atom. The van der Waals surface area contributed by atoms with Crippen LogP contribution in [0.2, 0.25) is 0 Å². The van der Waals surface area contributed by atoms with Crippen LogP contribution in [-0.4, -0.2) is 19.8 Å². The maximum Gasteiger partial charge on any atom is 0.125 e. The smallest absolute Gasteiger partial charge is 0.125 e. The Morgan fingerprint density at radius 2 is 1.95 bits per heavy atom. The Hall–Kier alpha value is -1.58. The highest BCUT2D eigenvalue weighted by atomic mass is 16.5. The average molecular weight is 273 g/mol. The second-order valence-electron chi connectivity index (χ2n) is 4.78. The van der Waals surface area contributed by atoms with Crippen LogP contribution < -0.4 is 5.32 Å². The Morgan fingerprint density at radius 3 is 2.65 bits per heavy atom. The molecule has 0 aliphatic carbocycles. The average Bonchev–Trinajstić information content (AvgIpc) is 3.01. The summed E-state index contributed by atoms with van der Waals surface area (Å²) in [6.07, 6.45) is 3.80. The summed E-state index contributed by atoms with van der Waals surface area (Å²) < 4.78 is 11.0. The summed E-state index contributed by atoms with van der Waals surface area (Å²) in [5.41, 5.74) is 1.22. The van der Waals surface area contributed by atoms with Crippen molar-refractivity contribution in [2.45, 2.75) is 25.8 Å². The fraction of sp³-hybridized carbons (Fsp3) is 0.412. The fourth-order valence-electron chi connectivity index (χ4n) is 2.15. The summed E-state index contributed by atoms with van der Waals surface area (Å²) in [4.78, 5) is 0. The lowest BCUT2D eigenvalue weighted by Gasteiger charge is -2.17.